The lowest BCUT2D eigenvalue weighted by atomic mass is 10.1. The average molecular weight is 294 g/mol. The fourth-order valence-electron chi connectivity index (χ4n) is 2.79. The Balaban J connectivity index is 1.78. The average Bonchev–Trinajstić information content (AvgIpc) is 2.89. The molecule has 2 rings (SSSR count). The Labute approximate surface area is 126 Å². The number of carbonyl (C=O) groups excluding carboxylic acids is 1. The van der Waals surface area contributed by atoms with Crippen molar-refractivity contribution in [3.63, 3.8) is 0 Å². The largest absolute Gasteiger partial charge is 0.360 e. The van der Waals surface area contributed by atoms with Crippen molar-refractivity contribution in [3.05, 3.63) is 11.8 Å². The molecule has 0 aliphatic carbocycles. The Morgan fingerprint density at radius 3 is 3.05 bits per heavy atom. The molecule has 1 aliphatic rings. The Kier molecular flexibility index (Phi) is 6.20. The Morgan fingerprint density at radius 2 is 2.43 bits per heavy atom. The number of nitrogens with one attached hydrogen (secondary N) is 2. The molecule has 0 spiro atoms. The van der Waals surface area contributed by atoms with E-state index in [1.54, 1.807) is 6.07 Å². The molecule has 1 saturated heterocycles. The summed E-state index contributed by atoms with van der Waals surface area (Å²) in [6, 6.07) is 2.29. The van der Waals surface area contributed by atoms with Gasteiger partial charge in [0.1, 0.15) is 5.76 Å². The summed E-state index contributed by atoms with van der Waals surface area (Å²) in [4.78, 5) is 14.4. The molecule has 1 amide bonds. The van der Waals surface area contributed by atoms with E-state index in [2.05, 4.69) is 27.6 Å². The number of aryl methyl sites for hydroxylation is 1. The molecule has 0 bridgehead atoms. The number of amides is 1. The van der Waals surface area contributed by atoms with Crippen molar-refractivity contribution in [1.29, 1.82) is 0 Å². The molecule has 0 radical (unpaired) electrons. The van der Waals surface area contributed by atoms with Gasteiger partial charge in [-0.25, -0.2) is 0 Å². The second-order valence-corrected chi connectivity index (χ2v) is 5.66. The maximum absolute atomic E-state index is 12.0. The van der Waals surface area contributed by atoms with Crippen LogP contribution in [0.1, 0.15) is 38.4 Å². The number of rotatable bonds is 7. The maximum Gasteiger partial charge on any atom is 0.226 e. The van der Waals surface area contributed by atoms with Gasteiger partial charge in [-0.1, -0.05) is 12.1 Å². The van der Waals surface area contributed by atoms with E-state index >= 15 is 0 Å². The van der Waals surface area contributed by atoms with Gasteiger partial charge in [0, 0.05) is 31.6 Å². The molecule has 1 aliphatic heterocycles. The smallest absolute Gasteiger partial charge is 0.226 e. The predicted octanol–water partition coefficient (Wildman–Crippen LogP) is 1.78. The lowest BCUT2D eigenvalue weighted by Gasteiger charge is -2.34. The molecular weight excluding hydrogens is 268 g/mol. The number of piperidine rings is 1. The Bertz CT molecular complexity index is 441. The maximum atomic E-state index is 12.0. The Morgan fingerprint density at radius 1 is 1.57 bits per heavy atom. The van der Waals surface area contributed by atoms with Crippen LogP contribution in [-0.4, -0.2) is 48.2 Å². The first-order valence-electron chi connectivity index (χ1n) is 7.87. The lowest BCUT2D eigenvalue weighted by Crippen LogP contribution is -2.47. The van der Waals surface area contributed by atoms with Crippen LogP contribution in [0.2, 0.25) is 0 Å². The number of anilines is 1. The highest BCUT2D eigenvalue weighted by Gasteiger charge is 2.20. The lowest BCUT2D eigenvalue weighted by molar-refractivity contribution is -0.116. The molecule has 0 saturated carbocycles. The highest BCUT2D eigenvalue weighted by molar-refractivity contribution is 5.89. The highest BCUT2D eigenvalue weighted by atomic mass is 16.5. The first-order chi connectivity index (χ1) is 10.2. The van der Waals surface area contributed by atoms with Crippen LogP contribution in [0, 0.1) is 6.92 Å². The summed E-state index contributed by atoms with van der Waals surface area (Å²) in [5.74, 6) is 1.19. The Hall–Kier alpha value is -1.40. The van der Waals surface area contributed by atoms with Crippen molar-refractivity contribution in [1.82, 2.24) is 15.4 Å². The third-order valence-corrected chi connectivity index (χ3v) is 3.82. The molecule has 1 aromatic heterocycles. The minimum absolute atomic E-state index is 0.00632. The fraction of sp³-hybridized carbons (Fsp3) is 0.733. The van der Waals surface area contributed by atoms with Crippen molar-refractivity contribution in [2.75, 3.05) is 31.5 Å². The minimum Gasteiger partial charge on any atom is -0.360 e. The van der Waals surface area contributed by atoms with Crippen LogP contribution in [-0.2, 0) is 4.79 Å². The topological polar surface area (TPSA) is 70.4 Å². The summed E-state index contributed by atoms with van der Waals surface area (Å²) in [5.41, 5.74) is 0. The molecule has 1 unspecified atom stereocenters. The molecule has 2 N–H and O–H groups in total. The molecule has 6 heteroatoms. The van der Waals surface area contributed by atoms with Crippen molar-refractivity contribution in [2.45, 2.75) is 45.6 Å². The second kappa shape index (κ2) is 8.14. The predicted molar refractivity (Wildman–Crippen MR) is 82.2 cm³/mol. The quantitative estimate of drug-likeness (QED) is 0.802. The van der Waals surface area contributed by atoms with Crippen molar-refractivity contribution >= 4 is 11.7 Å². The summed E-state index contributed by atoms with van der Waals surface area (Å²) in [5, 5.41) is 9.99. The SMILES string of the molecule is CCCN(CCC(=O)Nc1cc(C)on1)C1CCCNC1. The second-order valence-electron chi connectivity index (χ2n) is 5.66. The van der Waals surface area contributed by atoms with E-state index in [-0.39, 0.29) is 5.91 Å². The zero-order chi connectivity index (χ0) is 15.1. The molecule has 118 valence electrons. The van der Waals surface area contributed by atoms with Gasteiger partial charge < -0.3 is 15.2 Å². The van der Waals surface area contributed by atoms with E-state index in [1.807, 2.05) is 6.92 Å². The number of nitrogens with zero attached hydrogens (tertiary/aromatic N) is 2. The van der Waals surface area contributed by atoms with E-state index in [0.717, 1.165) is 32.6 Å². The molecule has 1 fully saturated rings. The summed E-state index contributed by atoms with van der Waals surface area (Å²) in [7, 11) is 0. The molecule has 2 heterocycles. The fourth-order valence-corrected chi connectivity index (χ4v) is 2.79. The van der Waals surface area contributed by atoms with Gasteiger partial charge in [0.25, 0.3) is 0 Å². The summed E-state index contributed by atoms with van der Waals surface area (Å²) in [6.45, 7) is 7.97. The van der Waals surface area contributed by atoms with Crippen LogP contribution in [0.15, 0.2) is 10.6 Å². The third-order valence-electron chi connectivity index (χ3n) is 3.82. The highest BCUT2D eigenvalue weighted by Crippen LogP contribution is 2.12. The van der Waals surface area contributed by atoms with E-state index < -0.39 is 0 Å². The van der Waals surface area contributed by atoms with Gasteiger partial charge in [-0.3, -0.25) is 9.69 Å². The molecule has 1 aromatic rings. The van der Waals surface area contributed by atoms with Gasteiger partial charge in [-0.2, -0.15) is 0 Å². The van der Waals surface area contributed by atoms with E-state index in [1.165, 1.54) is 12.8 Å². The zero-order valence-corrected chi connectivity index (χ0v) is 13.0. The van der Waals surface area contributed by atoms with Crippen LogP contribution in [0.25, 0.3) is 0 Å². The van der Waals surface area contributed by atoms with Crippen molar-refractivity contribution in [3.8, 4) is 0 Å². The summed E-state index contributed by atoms with van der Waals surface area (Å²) in [6.07, 6.45) is 4.04. The molecule has 6 nitrogen and oxygen atoms in total. The number of carbonyl (C=O) groups is 1. The third kappa shape index (κ3) is 5.13. The van der Waals surface area contributed by atoms with E-state index in [9.17, 15) is 4.79 Å². The summed E-state index contributed by atoms with van der Waals surface area (Å²) < 4.78 is 4.94. The van der Waals surface area contributed by atoms with Gasteiger partial charge in [0.05, 0.1) is 0 Å². The van der Waals surface area contributed by atoms with Crippen LogP contribution in [0.4, 0.5) is 5.82 Å². The van der Waals surface area contributed by atoms with Crippen LogP contribution in [0.3, 0.4) is 0 Å². The standard InChI is InChI=1S/C15H26N4O2/c1-3-8-19(13-5-4-7-16-11-13)9-6-15(20)17-14-10-12(2)21-18-14/h10,13,16H,3-9,11H2,1-2H3,(H,17,18,20). The van der Waals surface area contributed by atoms with Crippen LogP contribution in [0.5, 0.6) is 0 Å². The number of aromatic nitrogens is 1. The first kappa shape index (κ1) is 16.0. The zero-order valence-electron chi connectivity index (χ0n) is 13.0. The van der Waals surface area contributed by atoms with Gasteiger partial charge >= 0.3 is 0 Å². The molecule has 21 heavy (non-hydrogen) atoms. The van der Waals surface area contributed by atoms with Gasteiger partial charge in [-0.15, -0.1) is 0 Å². The molecule has 1 atom stereocenters. The minimum atomic E-state index is -0.00632. The van der Waals surface area contributed by atoms with E-state index in [4.69, 9.17) is 4.52 Å². The van der Waals surface area contributed by atoms with Crippen molar-refractivity contribution < 1.29 is 9.32 Å². The van der Waals surface area contributed by atoms with Gasteiger partial charge in [0.15, 0.2) is 5.82 Å². The molecule has 0 aromatic carbocycles. The van der Waals surface area contributed by atoms with Gasteiger partial charge in [0.2, 0.25) is 5.91 Å². The van der Waals surface area contributed by atoms with Crippen molar-refractivity contribution in [2.24, 2.45) is 0 Å². The monoisotopic (exact) mass is 294 g/mol. The van der Waals surface area contributed by atoms with E-state index in [0.29, 0.717) is 24.0 Å². The normalized spacial score (nSPS) is 18.9. The summed E-state index contributed by atoms with van der Waals surface area (Å²) >= 11 is 0. The number of hydrogen-bond donors (Lipinski definition) is 2. The molecular formula is C15H26N4O2. The van der Waals surface area contributed by atoms with Crippen LogP contribution < -0.4 is 10.6 Å². The van der Waals surface area contributed by atoms with Crippen LogP contribution >= 0.6 is 0 Å². The number of hydrogen-bond acceptors (Lipinski definition) is 5. The first-order valence-corrected chi connectivity index (χ1v) is 7.87. The van der Waals surface area contributed by atoms with Gasteiger partial charge in [-0.05, 0) is 39.3 Å².